The molecule has 9 heteroatoms. The zero-order valence-electron chi connectivity index (χ0n) is 13.9. The molecular weight excluding hydrogens is 383 g/mol. The lowest BCUT2D eigenvalue weighted by molar-refractivity contribution is -0.384. The summed E-state index contributed by atoms with van der Waals surface area (Å²) in [5.74, 6) is -1.32. The number of carbonyl (C=O) groups is 2. The third-order valence-electron chi connectivity index (χ3n) is 3.47. The molecule has 0 aliphatic heterocycles. The second kappa shape index (κ2) is 8.16. The van der Waals surface area contributed by atoms with Crippen molar-refractivity contribution in [1.29, 1.82) is 0 Å². The third kappa shape index (κ3) is 4.50. The van der Waals surface area contributed by atoms with Gasteiger partial charge in [0.05, 0.1) is 20.5 Å². The van der Waals surface area contributed by atoms with E-state index in [2.05, 4.69) is 0 Å². The van der Waals surface area contributed by atoms with Crippen LogP contribution in [0.5, 0.6) is 0 Å². The van der Waals surface area contributed by atoms with Crippen LogP contribution in [-0.4, -0.2) is 37.4 Å². The fourth-order valence-electron chi connectivity index (χ4n) is 2.14. The standard InChI is InChI=1S/C17H14Cl2N2O5/c1-20(2)14-6-4-11(8-15(14)21(24)25)17(23)26-9-16(22)10-3-5-12(18)13(19)7-10/h3-8H,9H2,1-2H3. The number of ketones is 1. The lowest BCUT2D eigenvalue weighted by Gasteiger charge is -2.13. The van der Waals surface area contributed by atoms with Crippen molar-refractivity contribution in [1.82, 2.24) is 0 Å². The SMILES string of the molecule is CN(C)c1ccc(C(=O)OCC(=O)c2ccc(Cl)c(Cl)c2)cc1[N+](=O)[O-]. The molecule has 0 bridgehead atoms. The van der Waals surface area contributed by atoms with Crippen molar-refractivity contribution in [2.24, 2.45) is 0 Å². The Morgan fingerprint density at radius 1 is 1.08 bits per heavy atom. The average Bonchev–Trinajstić information content (AvgIpc) is 2.60. The molecule has 0 aliphatic rings. The molecular formula is C17H14Cl2N2O5. The first-order valence-electron chi connectivity index (χ1n) is 7.32. The van der Waals surface area contributed by atoms with Crippen LogP contribution in [0, 0.1) is 10.1 Å². The van der Waals surface area contributed by atoms with Gasteiger partial charge in [0.2, 0.25) is 0 Å². The van der Waals surface area contributed by atoms with Gasteiger partial charge in [-0.25, -0.2) is 4.79 Å². The first kappa shape index (κ1) is 19.7. The van der Waals surface area contributed by atoms with Crippen LogP contribution in [0.1, 0.15) is 20.7 Å². The van der Waals surface area contributed by atoms with Gasteiger partial charge in [0.15, 0.2) is 12.4 Å². The van der Waals surface area contributed by atoms with Gasteiger partial charge in [-0.2, -0.15) is 0 Å². The second-order valence-electron chi connectivity index (χ2n) is 5.48. The number of halogens is 2. The van der Waals surface area contributed by atoms with Gasteiger partial charge in [-0.15, -0.1) is 0 Å². The predicted molar refractivity (Wildman–Crippen MR) is 98.5 cm³/mol. The van der Waals surface area contributed by atoms with Gasteiger partial charge < -0.3 is 9.64 Å². The molecule has 26 heavy (non-hydrogen) atoms. The number of anilines is 1. The van der Waals surface area contributed by atoms with Crippen LogP contribution in [0.3, 0.4) is 0 Å². The van der Waals surface area contributed by atoms with Gasteiger partial charge in [-0.05, 0) is 30.3 Å². The Labute approximate surface area is 159 Å². The Morgan fingerprint density at radius 2 is 1.73 bits per heavy atom. The molecule has 0 radical (unpaired) electrons. The molecule has 0 amide bonds. The highest BCUT2D eigenvalue weighted by molar-refractivity contribution is 6.42. The molecule has 7 nitrogen and oxygen atoms in total. The van der Waals surface area contributed by atoms with Crippen molar-refractivity contribution in [3.63, 3.8) is 0 Å². The van der Waals surface area contributed by atoms with Gasteiger partial charge in [0.1, 0.15) is 5.69 Å². The maximum absolute atomic E-state index is 12.1. The van der Waals surface area contributed by atoms with Crippen molar-refractivity contribution in [2.75, 3.05) is 25.6 Å². The summed E-state index contributed by atoms with van der Waals surface area (Å²) in [4.78, 5) is 36.3. The molecule has 0 fully saturated rings. The molecule has 0 aliphatic carbocycles. The smallest absolute Gasteiger partial charge is 0.338 e. The quantitative estimate of drug-likeness (QED) is 0.317. The number of hydrogen-bond donors (Lipinski definition) is 0. The van der Waals surface area contributed by atoms with E-state index in [-0.39, 0.29) is 21.8 Å². The maximum Gasteiger partial charge on any atom is 0.338 e. The van der Waals surface area contributed by atoms with Crippen LogP contribution >= 0.6 is 23.2 Å². The molecule has 0 atom stereocenters. The Kier molecular flexibility index (Phi) is 6.18. The molecule has 0 saturated heterocycles. The van der Waals surface area contributed by atoms with Crippen LogP contribution in [-0.2, 0) is 4.74 Å². The van der Waals surface area contributed by atoms with Gasteiger partial charge >= 0.3 is 5.97 Å². The number of nitro groups is 1. The number of nitro benzene ring substituents is 1. The number of nitrogens with zero attached hydrogens (tertiary/aromatic N) is 2. The van der Waals surface area contributed by atoms with E-state index < -0.39 is 23.3 Å². The van der Waals surface area contributed by atoms with E-state index in [0.29, 0.717) is 10.7 Å². The number of hydrogen-bond acceptors (Lipinski definition) is 6. The van der Waals surface area contributed by atoms with E-state index in [1.54, 1.807) is 19.0 Å². The molecule has 0 unspecified atom stereocenters. The molecule has 0 spiro atoms. The molecule has 0 N–H and O–H groups in total. The topological polar surface area (TPSA) is 89.8 Å². The minimum Gasteiger partial charge on any atom is -0.454 e. The van der Waals surface area contributed by atoms with Crippen LogP contribution in [0.2, 0.25) is 10.0 Å². The highest BCUT2D eigenvalue weighted by atomic mass is 35.5. The highest BCUT2D eigenvalue weighted by Crippen LogP contribution is 2.28. The highest BCUT2D eigenvalue weighted by Gasteiger charge is 2.20. The predicted octanol–water partition coefficient (Wildman–Crippen LogP) is 4.01. The normalized spacial score (nSPS) is 10.3. The van der Waals surface area contributed by atoms with E-state index in [9.17, 15) is 19.7 Å². The number of rotatable bonds is 6. The molecule has 2 aromatic rings. The number of Topliss-reactive ketones (excluding diaryl/α,β-unsaturated/α-hetero) is 1. The first-order valence-corrected chi connectivity index (χ1v) is 8.07. The number of esters is 1. The first-order chi connectivity index (χ1) is 12.2. The van der Waals surface area contributed by atoms with E-state index in [0.717, 1.165) is 6.07 Å². The summed E-state index contributed by atoms with van der Waals surface area (Å²) < 4.78 is 4.95. The van der Waals surface area contributed by atoms with Gasteiger partial charge in [0.25, 0.3) is 5.69 Å². The van der Waals surface area contributed by atoms with Crippen LogP contribution in [0.15, 0.2) is 36.4 Å². The summed E-state index contributed by atoms with van der Waals surface area (Å²) >= 11 is 11.6. The van der Waals surface area contributed by atoms with Gasteiger partial charge in [-0.3, -0.25) is 14.9 Å². The molecule has 0 saturated carbocycles. The minimum atomic E-state index is -0.841. The molecule has 136 valence electrons. The number of carbonyl (C=O) groups excluding carboxylic acids is 2. The van der Waals surface area contributed by atoms with Crippen molar-refractivity contribution in [2.45, 2.75) is 0 Å². The van der Waals surface area contributed by atoms with Crippen LogP contribution < -0.4 is 4.90 Å². The number of ether oxygens (including phenoxy) is 1. The zero-order valence-corrected chi connectivity index (χ0v) is 15.4. The largest absolute Gasteiger partial charge is 0.454 e. The molecule has 2 rings (SSSR count). The van der Waals surface area contributed by atoms with Crippen LogP contribution in [0.4, 0.5) is 11.4 Å². The Bertz CT molecular complexity index is 883. The van der Waals surface area contributed by atoms with Crippen molar-refractivity contribution in [3.05, 3.63) is 67.7 Å². The minimum absolute atomic E-state index is 0.0239. The second-order valence-corrected chi connectivity index (χ2v) is 6.30. The molecule has 0 aromatic heterocycles. The van der Waals surface area contributed by atoms with Crippen molar-refractivity contribution in [3.8, 4) is 0 Å². The maximum atomic E-state index is 12.1. The van der Waals surface area contributed by atoms with E-state index >= 15 is 0 Å². The summed E-state index contributed by atoms with van der Waals surface area (Å²) in [6.07, 6.45) is 0. The fourth-order valence-corrected chi connectivity index (χ4v) is 2.44. The lowest BCUT2D eigenvalue weighted by Crippen LogP contribution is -2.15. The average molecular weight is 397 g/mol. The summed E-state index contributed by atoms with van der Waals surface area (Å²) in [7, 11) is 3.30. The summed E-state index contributed by atoms with van der Waals surface area (Å²) in [6.45, 7) is -0.528. The molecule has 2 aromatic carbocycles. The summed E-state index contributed by atoms with van der Waals surface area (Å²) in [5.41, 5.74) is 0.323. The third-order valence-corrected chi connectivity index (χ3v) is 4.20. The monoisotopic (exact) mass is 396 g/mol. The van der Waals surface area contributed by atoms with E-state index in [1.165, 1.54) is 30.3 Å². The Balaban J connectivity index is 2.12. The fraction of sp³-hybridized carbons (Fsp3) is 0.176. The lowest BCUT2D eigenvalue weighted by atomic mass is 10.1. The van der Waals surface area contributed by atoms with Gasteiger partial charge in [0, 0.05) is 25.7 Å². The van der Waals surface area contributed by atoms with E-state index in [1.807, 2.05) is 0 Å². The van der Waals surface area contributed by atoms with Gasteiger partial charge in [-0.1, -0.05) is 23.2 Å². The number of benzene rings is 2. The molecule has 0 heterocycles. The van der Waals surface area contributed by atoms with Crippen LogP contribution in [0.25, 0.3) is 0 Å². The Morgan fingerprint density at radius 3 is 2.31 bits per heavy atom. The summed E-state index contributed by atoms with van der Waals surface area (Å²) in [5, 5.41) is 11.7. The zero-order chi connectivity index (χ0) is 19.4. The summed E-state index contributed by atoms with van der Waals surface area (Å²) in [6, 6.07) is 8.24. The Hall–Kier alpha value is -2.64. The van der Waals surface area contributed by atoms with Crippen molar-refractivity contribution >= 4 is 46.3 Å². The van der Waals surface area contributed by atoms with E-state index in [4.69, 9.17) is 27.9 Å². The van der Waals surface area contributed by atoms with Crippen molar-refractivity contribution < 1.29 is 19.2 Å².